The zero-order valence-corrected chi connectivity index (χ0v) is 9.18. The van der Waals surface area contributed by atoms with Crippen LogP contribution in [0.4, 0.5) is 0 Å². The van der Waals surface area contributed by atoms with E-state index in [9.17, 15) is 14.4 Å². The lowest BCUT2D eigenvalue weighted by Crippen LogP contribution is -2.39. The van der Waals surface area contributed by atoms with E-state index in [0.717, 1.165) is 0 Å². The van der Waals surface area contributed by atoms with Gasteiger partial charge in [0.15, 0.2) is 0 Å². The van der Waals surface area contributed by atoms with Crippen molar-refractivity contribution in [1.82, 2.24) is 10.6 Å². The Morgan fingerprint density at radius 1 is 1.00 bits per heavy atom. The lowest BCUT2D eigenvalue weighted by molar-refractivity contribution is -0.145. The Labute approximate surface area is 97.6 Å². The van der Waals surface area contributed by atoms with Gasteiger partial charge < -0.3 is 26.0 Å². The molecule has 8 nitrogen and oxygen atoms in total. The third-order valence-corrected chi connectivity index (χ3v) is 1.87. The SMILES string of the molecule is O=C(O)CNCCCNC(CC(=O)O)C(=O)O. The van der Waals surface area contributed by atoms with Gasteiger partial charge in [0.05, 0.1) is 13.0 Å². The molecule has 0 fully saturated rings. The van der Waals surface area contributed by atoms with Gasteiger partial charge >= 0.3 is 17.9 Å². The topological polar surface area (TPSA) is 136 Å². The molecule has 0 heterocycles. The first-order valence-electron chi connectivity index (χ1n) is 5.04. The Kier molecular flexibility index (Phi) is 7.65. The second-order valence-electron chi connectivity index (χ2n) is 3.37. The summed E-state index contributed by atoms with van der Waals surface area (Å²) in [6.07, 6.45) is 0.0224. The highest BCUT2D eigenvalue weighted by Gasteiger charge is 2.19. The van der Waals surface area contributed by atoms with E-state index in [4.69, 9.17) is 15.3 Å². The van der Waals surface area contributed by atoms with Gasteiger partial charge in [-0.1, -0.05) is 0 Å². The molecule has 98 valence electrons. The largest absolute Gasteiger partial charge is 0.481 e. The second-order valence-corrected chi connectivity index (χ2v) is 3.37. The standard InChI is InChI=1S/C9H16N2O6/c12-7(13)4-6(9(16)17)11-3-1-2-10-5-8(14)15/h6,10-11H,1-5H2,(H,12,13)(H,14,15)(H,16,17). The highest BCUT2D eigenvalue weighted by atomic mass is 16.4. The van der Waals surface area contributed by atoms with Crippen molar-refractivity contribution in [1.29, 1.82) is 0 Å². The predicted octanol–water partition coefficient (Wildman–Crippen LogP) is -1.43. The second kappa shape index (κ2) is 8.48. The Morgan fingerprint density at radius 2 is 1.65 bits per heavy atom. The first kappa shape index (κ1) is 15.3. The van der Waals surface area contributed by atoms with Gasteiger partial charge in [0.1, 0.15) is 6.04 Å². The van der Waals surface area contributed by atoms with Gasteiger partial charge in [-0.05, 0) is 19.5 Å². The van der Waals surface area contributed by atoms with E-state index < -0.39 is 30.4 Å². The summed E-state index contributed by atoms with van der Waals surface area (Å²) in [7, 11) is 0. The van der Waals surface area contributed by atoms with E-state index >= 15 is 0 Å². The van der Waals surface area contributed by atoms with E-state index in [2.05, 4.69) is 10.6 Å². The van der Waals surface area contributed by atoms with Gasteiger partial charge in [-0.15, -0.1) is 0 Å². The van der Waals surface area contributed by atoms with Gasteiger partial charge in [0, 0.05) is 0 Å². The van der Waals surface area contributed by atoms with Crippen molar-refractivity contribution in [3.05, 3.63) is 0 Å². The molecular weight excluding hydrogens is 232 g/mol. The van der Waals surface area contributed by atoms with E-state index in [1.165, 1.54) is 0 Å². The number of rotatable bonds is 10. The Balaban J connectivity index is 3.65. The number of hydrogen-bond acceptors (Lipinski definition) is 5. The molecule has 0 amide bonds. The van der Waals surface area contributed by atoms with Crippen molar-refractivity contribution in [2.45, 2.75) is 18.9 Å². The van der Waals surface area contributed by atoms with E-state index in [0.29, 0.717) is 19.5 Å². The molecule has 0 aromatic rings. The molecule has 0 aliphatic carbocycles. The molecule has 0 aromatic carbocycles. The fourth-order valence-electron chi connectivity index (χ4n) is 1.11. The summed E-state index contributed by atoms with van der Waals surface area (Å²) in [5.74, 6) is -3.37. The maximum atomic E-state index is 10.6. The van der Waals surface area contributed by atoms with Crippen LogP contribution < -0.4 is 10.6 Å². The molecule has 0 aliphatic rings. The Hall–Kier alpha value is -1.67. The maximum absolute atomic E-state index is 10.6. The van der Waals surface area contributed by atoms with Crippen LogP contribution in [0, 0.1) is 0 Å². The van der Waals surface area contributed by atoms with Crippen molar-refractivity contribution in [2.24, 2.45) is 0 Å². The quantitative estimate of drug-likeness (QED) is 0.297. The molecule has 0 bridgehead atoms. The summed E-state index contributed by atoms with van der Waals surface area (Å²) >= 11 is 0. The summed E-state index contributed by atoms with van der Waals surface area (Å²) in [4.78, 5) is 31.1. The van der Waals surface area contributed by atoms with E-state index in [-0.39, 0.29) is 6.54 Å². The number of carboxylic acid groups (broad SMARTS) is 3. The number of nitrogens with one attached hydrogen (secondary N) is 2. The van der Waals surface area contributed by atoms with Crippen LogP contribution in [0.15, 0.2) is 0 Å². The summed E-state index contributed by atoms with van der Waals surface area (Å²) in [5.41, 5.74) is 0. The molecule has 8 heteroatoms. The highest BCUT2D eigenvalue weighted by molar-refractivity contribution is 5.80. The van der Waals surface area contributed by atoms with Crippen LogP contribution in [0.25, 0.3) is 0 Å². The van der Waals surface area contributed by atoms with Crippen LogP contribution >= 0.6 is 0 Å². The van der Waals surface area contributed by atoms with Crippen LogP contribution in [-0.2, 0) is 14.4 Å². The molecule has 0 rings (SSSR count). The monoisotopic (exact) mass is 248 g/mol. The number of aliphatic carboxylic acids is 3. The van der Waals surface area contributed by atoms with Crippen LogP contribution in [0.1, 0.15) is 12.8 Å². The van der Waals surface area contributed by atoms with Gasteiger partial charge in [-0.3, -0.25) is 14.4 Å². The van der Waals surface area contributed by atoms with Crippen molar-refractivity contribution >= 4 is 17.9 Å². The smallest absolute Gasteiger partial charge is 0.321 e. The Bertz CT molecular complexity index is 281. The molecule has 1 atom stereocenters. The zero-order valence-electron chi connectivity index (χ0n) is 9.18. The molecule has 0 saturated carbocycles. The number of carbonyl (C=O) groups is 3. The van der Waals surface area contributed by atoms with Crippen LogP contribution in [0.2, 0.25) is 0 Å². The van der Waals surface area contributed by atoms with Crippen molar-refractivity contribution in [3.8, 4) is 0 Å². The molecular formula is C9H16N2O6. The molecule has 0 spiro atoms. The summed E-state index contributed by atoms with van der Waals surface area (Å²) in [6, 6.07) is -1.12. The summed E-state index contributed by atoms with van der Waals surface area (Å²) in [5, 5.41) is 30.6. The average molecular weight is 248 g/mol. The first-order valence-corrected chi connectivity index (χ1v) is 5.04. The third-order valence-electron chi connectivity index (χ3n) is 1.87. The van der Waals surface area contributed by atoms with Gasteiger partial charge in [0.2, 0.25) is 0 Å². The van der Waals surface area contributed by atoms with Crippen LogP contribution in [0.5, 0.6) is 0 Å². The van der Waals surface area contributed by atoms with Crippen LogP contribution in [0.3, 0.4) is 0 Å². The zero-order chi connectivity index (χ0) is 13.3. The van der Waals surface area contributed by atoms with Gasteiger partial charge in [-0.25, -0.2) is 0 Å². The lowest BCUT2D eigenvalue weighted by atomic mass is 10.2. The minimum absolute atomic E-state index is 0.155. The average Bonchev–Trinajstić information content (AvgIpc) is 2.20. The van der Waals surface area contributed by atoms with Crippen molar-refractivity contribution in [3.63, 3.8) is 0 Å². The van der Waals surface area contributed by atoms with Crippen molar-refractivity contribution < 1.29 is 29.7 Å². The van der Waals surface area contributed by atoms with Gasteiger partial charge in [0.25, 0.3) is 0 Å². The highest BCUT2D eigenvalue weighted by Crippen LogP contribution is 1.92. The lowest BCUT2D eigenvalue weighted by Gasteiger charge is -2.11. The summed E-state index contributed by atoms with van der Waals surface area (Å²) < 4.78 is 0. The molecule has 0 radical (unpaired) electrons. The maximum Gasteiger partial charge on any atom is 0.321 e. The fraction of sp³-hybridized carbons (Fsp3) is 0.667. The first-order chi connectivity index (χ1) is 7.93. The van der Waals surface area contributed by atoms with Crippen LogP contribution in [-0.4, -0.2) is 58.9 Å². The van der Waals surface area contributed by atoms with E-state index in [1.54, 1.807) is 0 Å². The minimum Gasteiger partial charge on any atom is -0.481 e. The normalized spacial score (nSPS) is 12.0. The number of carboxylic acids is 3. The molecule has 0 saturated heterocycles. The molecule has 1 unspecified atom stereocenters. The third kappa shape index (κ3) is 9.27. The molecule has 0 aliphatic heterocycles. The predicted molar refractivity (Wildman–Crippen MR) is 56.8 cm³/mol. The molecule has 17 heavy (non-hydrogen) atoms. The molecule has 5 N–H and O–H groups in total. The fourth-order valence-corrected chi connectivity index (χ4v) is 1.11. The number of hydrogen-bond donors (Lipinski definition) is 5. The molecule has 0 aromatic heterocycles. The minimum atomic E-state index is -1.22. The van der Waals surface area contributed by atoms with Crippen molar-refractivity contribution in [2.75, 3.05) is 19.6 Å². The summed E-state index contributed by atoms with van der Waals surface area (Å²) in [6.45, 7) is 0.563. The van der Waals surface area contributed by atoms with Gasteiger partial charge in [-0.2, -0.15) is 0 Å². The Morgan fingerprint density at radius 3 is 2.12 bits per heavy atom. The van der Waals surface area contributed by atoms with E-state index in [1.807, 2.05) is 0 Å².